The van der Waals surface area contributed by atoms with E-state index in [-0.39, 0.29) is 0 Å². The fraction of sp³-hybridized carbons (Fsp3) is 1.00. The third kappa shape index (κ3) is 2.90. The fourth-order valence-electron chi connectivity index (χ4n) is 1.72. The summed E-state index contributed by atoms with van der Waals surface area (Å²) in [7, 11) is 2.23. The van der Waals surface area contributed by atoms with Crippen LogP contribution in [0, 0.1) is 11.8 Å². The predicted octanol–water partition coefficient (Wildman–Crippen LogP) is 2.40. The number of nitrogens with zero attached hydrogens (tertiary/aromatic N) is 1. The van der Waals surface area contributed by atoms with Crippen molar-refractivity contribution in [2.24, 2.45) is 11.8 Å². The molecular formula is C9H18IN. The first-order chi connectivity index (χ1) is 5.24. The molecule has 0 aromatic carbocycles. The van der Waals surface area contributed by atoms with Crippen molar-refractivity contribution in [3.05, 3.63) is 0 Å². The first kappa shape index (κ1) is 9.78. The zero-order chi connectivity index (χ0) is 8.27. The molecule has 0 radical (unpaired) electrons. The van der Waals surface area contributed by atoms with Gasteiger partial charge in [0.1, 0.15) is 0 Å². The van der Waals surface area contributed by atoms with Crippen molar-refractivity contribution in [2.45, 2.75) is 19.8 Å². The lowest BCUT2D eigenvalue weighted by atomic mass is 9.87. The van der Waals surface area contributed by atoms with Crippen molar-refractivity contribution < 1.29 is 0 Å². The molecule has 0 aromatic heterocycles. The molecule has 0 spiro atoms. The summed E-state index contributed by atoms with van der Waals surface area (Å²) in [6.07, 6.45) is 2.83. The Morgan fingerprint density at radius 2 is 2.00 bits per heavy atom. The Balaban J connectivity index is 2.27. The number of halogens is 1. The van der Waals surface area contributed by atoms with Gasteiger partial charge in [0, 0.05) is 4.43 Å². The molecule has 1 heterocycles. The molecule has 2 heteroatoms. The summed E-state index contributed by atoms with van der Waals surface area (Å²) in [6, 6.07) is 0. The third-order valence-electron chi connectivity index (χ3n) is 2.81. The van der Waals surface area contributed by atoms with Crippen LogP contribution < -0.4 is 0 Å². The summed E-state index contributed by atoms with van der Waals surface area (Å²) in [6.45, 7) is 5.01. The lowest BCUT2D eigenvalue weighted by molar-refractivity contribution is 0.188. The van der Waals surface area contributed by atoms with Gasteiger partial charge >= 0.3 is 0 Å². The monoisotopic (exact) mass is 267 g/mol. The van der Waals surface area contributed by atoms with Crippen LogP contribution in [-0.2, 0) is 0 Å². The topological polar surface area (TPSA) is 3.24 Å². The summed E-state index contributed by atoms with van der Waals surface area (Å²) in [5, 5.41) is 0. The van der Waals surface area contributed by atoms with Crippen LogP contribution in [0.1, 0.15) is 19.8 Å². The lowest BCUT2D eigenvalue weighted by Gasteiger charge is -2.31. The normalized spacial score (nSPS) is 25.4. The van der Waals surface area contributed by atoms with Crippen LogP contribution in [0.4, 0.5) is 0 Å². The summed E-state index contributed by atoms with van der Waals surface area (Å²) in [5.41, 5.74) is 0. The van der Waals surface area contributed by atoms with Gasteiger partial charge in [0.2, 0.25) is 0 Å². The molecule has 0 N–H and O–H groups in total. The fourth-order valence-corrected chi connectivity index (χ4v) is 2.44. The maximum atomic E-state index is 2.51. The van der Waals surface area contributed by atoms with Crippen LogP contribution in [-0.4, -0.2) is 29.5 Å². The molecule has 0 aliphatic carbocycles. The average Bonchev–Trinajstić information content (AvgIpc) is 2.05. The predicted molar refractivity (Wildman–Crippen MR) is 58.3 cm³/mol. The summed E-state index contributed by atoms with van der Waals surface area (Å²) in [4.78, 5) is 2.44. The minimum Gasteiger partial charge on any atom is -0.306 e. The summed E-state index contributed by atoms with van der Waals surface area (Å²) < 4.78 is 1.33. The first-order valence-electron chi connectivity index (χ1n) is 4.48. The lowest BCUT2D eigenvalue weighted by Crippen LogP contribution is -2.33. The van der Waals surface area contributed by atoms with E-state index in [1.807, 2.05) is 0 Å². The summed E-state index contributed by atoms with van der Waals surface area (Å²) >= 11 is 2.51. The number of piperidine rings is 1. The molecule has 11 heavy (non-hydrogen) atoms. The molecule has 1 atom stereocenters. The Kier molecular flexibility index (Phi) is 4.13. The first-order valence-corrected chi connectivity index (χ1v) is 6.01. The number of rotatable bonds is 2. The standard InChI is InChI=1S/C9H18IN/c1-8(7-10)9-3-5-11(2)6-4-9/h8-9H,3-7H2,1-2H3. The van der Waals surface area contributed by atoms with Gasteiger partial charge in [-0.25, -0.2) is 0 Å². The van der Waals surface area contributed by atoms with Crippen molar-refractivity contribution in [3.8, 4) is 0 Å². The quantitative estimate of drug-likeness (QED) is 0.548. The van der Waals surface area contributed by atoms with Gasteiger partial charge in [-0.1, -0.05) is 29.5 Å². The highest BCUT2D eigenvalue weighted by molar-refractivity contribution is 14.1. The second-order valence-electron chi connectivity index (χ2n) is 3.77. The van der Waals surface area contributed by atoms with Crippen molar-refractivity contribution in [1.29, 1.82) is 0 Å². The van der Waals surface area contributed by atoms with E-state index in [2.05, 4.69) is 41.5 Å². The molecule has 0 bridgehead atoms. The number of hydrogen-bond donors (Lipinski definition) is 0. The third-order valence-corrected chi connectivity index (χ3v) is 4.20. The van der Waals surface area contributed by atoms with E-state index >= 15 is 0 Å². The van der Waals surface area contributed by atoms with Gasteiger partial charge in [0.15, 0.2) is 0 Å². The highest BCUT2D eigenvalue weighted by Gasteiger charge is 2.20. The molecule has 1 aliphatic heterocycles. The highest BCUT2D eigenvalue weighted by atomic mass is 127. The molecule has 0 amide bonds. The van der Waals surface area contributed by atoms with Crippen LogP contribution in [0.5, 0.6) is 0 Å². The molecular weight excluding hydrogens is 249 g/mol. The van der Waals surface area contributed by atoms with Gasteiger partial charge in [0.25, 0.3) is 0 Å². The number of hydrogen-bond acceptors (Lipinski definition) is 1. The molecule has 1 saturated heterocycles. The number of likely N-dealkylation sites (tertiary alicyclic amines) is 1. The minimum absolute atomic E-state index is 0.935. The molecule has 1 fully saturated rings. The highest BCUT2D eigenvalue weighted by Crippen LogP contribution is 2.25. The molecule has 1 nitrogen and oxygen atoms in total. The van der Waals surface area contributed by atoms with E-state index in [1.54, 1.807) is 0 Å². The van der Waals surface area contributed by atoms with Crippen LogP contribution >= 0.6 is 22.6 Å². The van der Waals surface area contributed by atoms with Gasteiger partial charge < -0.3 is 4.90 Å². The van der Waals surface area contributed by atoms with E-state index in [0.717, 1.165) is 11.8 Å². The van der Waals surface area contributed by atoms with E-state index < -0.39 is 0 Å². The molecule has 1 unspecified atom stereocenters. The van der Waals surface area contributed by atoms with Gasteiger partial charge in [-0.15, -0.1) is 0 Å². The molecule has 0 saturated carbocycles. The van der Waals surface area contributed by atoms with Crippen molar-refractivity contribution in [3.63, 3.8) is 0 Å². The molecule has 1 rings (SSSR count). The van der Waals surface area contributed by atoms with Crippen molar-refractivity contribution >= 4 is 22.6 Å². The maximum absolute atomic E-state index is 2.51. The second kappa shape index (κ2) is 4.65. The Hall–Kier alpha value is 0.690. The van der Waals surface area contributed by atoms with Crippen molar-refractivity contribution in [2.75, 3.05) is 24.6 Å². The van der Waals surface area contributed by atoms with Crippen LogP contribution in [0.3, 0.4) is 0 Å². The van der Waals surface area contributed by atoms with Crippen LogP contribution in [0.15, 0.2) is 0 Å². The molecule has 1 aliphatic rings. The average molecular weight is 267 g/mol. The molecule has 66 valence electrons. The Bertz CT molecular complexity index is 108. The SMILES string of the molecule is CC(CI)C1CCN(C)CC1. The maximum Gasteiger partial charge on any atom is 0.00237 e. The number of alkyl halides is 1. The van der Waals surface area contributed by atoms with Gasteiger partial charge in [-0.05, 0) is 44.8 Å². The Labute approximate surface area is 83.7 Å². The van der Waals surface area contributed by atoms with Gasteiger partial charge in [-0.2, -0.15) is 0 Å². The van der Waals surface area contributed by atoms with E-state index in [1.165, 1.54) is 30.4 Å². The zero-order valence-electron chi connectivity index (χ0n) is 7.52. The molecule has 0 aromatic rings. The zero-order valence-corrected chi connectivity index (χ0v) is 9.67. The van der Waals surface area contributed by atoms with E-state index in [9.17, 15) is 0 Å². The van der Waals surface area contributed by atoms with Crippen LogP contribution in [0.2, 0.25) is 0 Å². The smallest absolute Gasteiger partial charge is 0.00237 e. The second-order valence-corrected chi connectivity index (χ2v) is 4.65. The Morgan fingerprint density at radius 3 is 2.45 bits per heavy atom. The van der Waals surface area contributed by atoms with Crippen LogP contribution in [0.25, 0.3) is 0 Å². The summed E-state index contributed by atoms with van der Waals surface area (Å²) in [5.74, 6) is 1.94. The van der Waals surface area contributed by atoms with E-state index in [4.69, 9.17) is 0 Å². The minimum atomic E-state index is 0.935. The Morgan fingerprint density at radius 1 is 1.45 bits per heavy atom. The largest absolute Gasteiger partial charge is 0.306 e. The van der Waals surface area contributed by atoms with E-state index in [0.29, 0.717) is 0 Å². The van der Waals surface area contributed by atoms with Crippen molar-refractivity contribution in [1.82, 2.24) is 4.90 Å². The van der Waals surface area contributed by atoms with Gasteiger partial charge in [0.05, 0.1) is 0 Å². The van der Waals surface area contributed by atoms with Gasteiger partial charge in [-0.3, -0.25) is 0 Å².